The van der Waals surface area contributed by atoms with E-state index in [0.717, 1.165) is 0 Å². The first-order valence-corrected chi connectivity index (χ1v) is 8.82. The summed E-state index contributed by atoms with van der Waals surface area (Å²) in [5.41, 5.74) is 0.598. The second-order valence-electron chi connectivity index (χ2n) is 4.73. The van der Waals surface area contributed by atoms with Gasteiger partial charge >= 0.3 is 0 Å². The first-order chi connectivity index (χ1) is 11.6. The Labute approximate surface area is 151 Å². The molecule has 0 saturated carbocycles. The molecule has 0 aliphatic heterocycles. The zero-order chi connectivity index (χ0) is 17.1. The second kappa shape index (κ2) is 7.31. The molecule has 3 N–H and O–H groups in total. The third-order valence-electron chi connectivity index (χ3n) is 3.12. The van der Waals surface area contributed by atoms with Gasteiger partial charge in [-0.3, -0.25) is 0 Å². The monoisotopic (exact) mass is 381 g/mol. The normalized spacial score (nSPS) is 12.0. The largest absolute Gasteiger partial charge is 0.606 e. The highest BCUT2D eigenvalue weighted by Crippen LogP contribution is 2.36. The van der Waals surface area contributed by atoms with E-state index in [0.29, 0.717) is 37.4 Å². The summed E-state index contributed by atoms with van der Waals surface area (Å²) in [5, 5.41) is 13.1. The van der Waals surface area contributed by atoms with Crippen molar-refractivity contribution in [2.24, 2.45) is 0 Å². The van der Waals surface area contributed by atoms with Gasteiger partial charge in [-0.15, -0.1) is 5.10 Å². The van der Waals surface area contributed by atoms with Crippen molar-refractivity contribution >= 4 is 52.0 Å². The summed E-state index contributed by atoms with van der Waals surface area (Å²) < 4.78 is 12.7. The maximum absolute atomic E-state index is 12.7. The van der Waals surface area contributed by atoms with Crippen LogP contribution < -0.4 is 10.6 Å². The van der Waals surface area contributed by atoms with Crippen molar-refractivity contribution in [1.29, 1.82) is 0 Å². The van der Waals surface area contributed by atoms with Crippen LogP contribution >= 0.6 is 23.2 Å². The third kappa shape index (κ3) is 3.59. The number of aromatic amines is 1. The van der Waals surface area contributed by atoms with E-state index in [9.17, 15) is 4.55 Å². The van der Waals surface area contributed by atoms with Gasteiger partial charge in [-0.25, -0.2) is 5.10 Å². The zero-order valence-electron chi connectivity index (χ0n) is 12.5. The van der Waals surface area contributed by atoms with Crippen molar-refractivity contribution in [2.75, 3.05) is 17.7 Å². The summed E-state index contributed by atoms with van der Waals surface area (Å²) in [6.07, 6.45) is 0. The van der Waals surface area contributed by atoms with Gasteiger partial charge in [0.25, 0.3) is 0 Å². The Morgan fingerprint density at radius 2 is 1.79 bits per heavy atom. The molecule has 1 atom stereocenters. The Kier molecular flexibility index (Phi) is 5.15. The van der Waals surface area contributed by atoms with E-state index < -0.39 is 11.2 Å². The molecule has 2 aromatic carbocycles. The molecule has 1 heterocycles. The fourth-order valence-electron chi connectivity index (χ4n) is 2.03. The number of aromatic nitrogens is 3. The Morgan fingerprint density at radius 3 is 2.38 bits per heavy atom. The molecule has 0 fully saturated rings. The molecule has 0 amide bonds. The van der Waals surface area contributed by atoms with Crippen LogP contribution in [0.3, 0.4) is 0 Å². The van der Waals surface area contributed by atoms with Gasteiger partial charge in [0.2, 0.25) is 11.9 Å². The lowest BCUT2D eigenvalue weighted by Gasteiger charge is -2.14. The fourth-order valence-corrected chi connectivity index (χ4v) is 4.05. The van der Waals surface area contributed by atoms with Crippen molar-refractivity contribution in [3.8, 4) is 0 Å². The maximum Gasteiger partial charge on any atom is 0.248 e. The molecule has 0 radical (unpaired) electrons. The smallest absolute Gasteiger partial charge is 0.248 e. The van der Waals surface area contributed by atoms with E-state index in [4.69, 9.17) is 23.2 Å². The van der Waals surface area contributed by atoms with E-state index in [-0.39, 0.29) is 0 Å². The van der Waals surface area contributed by atoms with Gasteiger partial charge in [0.1, 0.15) is 0 Å². The molecular formula is C15H13Cl2N5OS. The summed E-state index contributed by atoms with van der Waals surface area (Å²) in [6, 6.07) is 12.3. The van der Waals surface area contributed by atoms with Gasteiger partial charge in [0, 0.05) is 23.9 Å². The van der Waals surface area contributed by atoms with Crippen molar-refractivity contribution in [3.63, 3.8) is 0 Å². The molecule has 0 aliphatic carbocycles. The van der Waals surface area contributed by atoms with Crippen molar-refractivity contribution in [2.45, 2.75) is 9.79 Å². The third-order valence-corrected chi connectivity index (χ3v) is 5.45. The first-order valence-electron chi connectivity index (χ1n) is 6.91. The fraction of sp³-hybridized carbons (Fsp3) is 0.0667. The van der Waals surface area contributed by atoms with Gasteiger partial charge in [-0.05, 0) is 24.3 Å². The van der Waals surface area contributed by atoms with E-state index >= 15 is 0 Å². The Bertz CT molecular complexity index is 820. The zero-order valence-corrected chi connectivity index (χ0v) is 14.8. The molecule has 3 aromatic rings. The minimum Gasteiger partial charge on any atom is -0.606 e. The summed E-state index contributed by atoms with van der Waals surface area (Å²) in [6.45, 7) is 0. The lowest BCUT2D eigenvalue weighted by molar-refractivity contribution is 0.595. The quantitative estimate of drug-likeness (QED) is 0.579. The molecule has 0 aliphatic rings. The van der Waals surface area contributed by atoms with Gasteiger partial charge in [-0.1, -0.05) is 41.4 Å². The van der Waals surface area contributed by atoms with Crippen LogP contribution in [0.15, 0.2) is 52.3 Å². The highest BCUT2D eigenvalue weighted by atomic mass is 35.5. The van der Waals surface area contributed by atoms with Crippen molar-refractivity contribution in [1.82, 2.24) is 15.2 Å². The number of rotatable bonds is 5. The van der Waals surface area contributed by atoms with E-state index in [1.54, 1.807) is 31.3 Å². The summed E-state index contributed by atoms with van der Waals surface area (Å²) >= 11 is 11.1. The van der Waals surface area contributed by atoms with Crippen molar-refractivity contribution in [3.05, 3.63) is 52.5 Å². The molecule has 0 spiro atoms. The molecule has 124 valence electrons. The van der Waals surface area contributed by atoms with Gasteiger partial charge in [0.15, 0.2) is 9.79 Å². The SMILES string of the molecule is CNc1nc(Nc2cc(Cl)c([S+]([O-])c3ccccc3)c(Cl)c2)n[nH]1. The number of hydrogen-bond acceptors (Lipinski definition) is 5. The lowest BCUT2D eigenvalue weighted by Crippen LogP contribution is -2.04. The van der Waals surface area contributed by atoms with Crippen LogP contribution in [0, 0.1) is 0 Å². The van der Waals surface area contributed by atoms with Crippen LogP contribution in [0.1, 0.15) is 0 Å². The summed E-state index contributed by atoms with van der Waals surface area (Å²) in [5.74, 6) is 0.889. The van der Waals surface area contributed by atoms with E-state index in [2.05, 4.69) is 25.8 Å². The van der Waals surface area contributed by atoms with E-state index in [1.165, 1.54) is 0 Å². The molecule has 1 unspecified atom stereocenters. The maximum atomic E-state index is 12.7. The molecule has 0 bridgehead atoms. The Balaban J connectivity index is 1.88. The van der Waals surface area contributed by atoms with Gasteiger partial charge in [0.05, 0.1) is 10.0 Å². The topological polar surface area (TPSA) is 88.7 Å². The highest BCUT2D eigenvalue weighted by Gasteiger charge is 2.23. The minimum atomic E-state index is -1.46. The molecule has 6 nitrogen and oxygen atoms in total. The lowest BCUT2D eigenvalue weighted by atomic mass is 10.3. The Morgan fingerprint density at radius 1 is 1.12 bits per heavy atom. The summed E-state index contributed by atoms with van der Waals surface area (Å²) in [4.78, 5) is 5.16. The van der Waals surface area contributed by atoms with Crippen LogP contribution in [0.5, 0.6) is 0 Å². The minimum absolute atomic E-state index is 0.302. The summed E-state index contributed by atoms with van der Waals surface area (Å²) in [7, 11) is 1.73. The molecular weight excluding hydrogens is 369 g/mol. The first kappa shape index (κ1) is 16.9. The number of benzene rings is 2. The second-order valence-corrected chi connectivity index (χ2v) is 6.96. The van der Waals surface area contributed by atoms with Gasteiger partial charge in [-0.2, -0.15) is 4.98 Å². The van der Waals surface area contributed by atoms with Crippen molar-refractivity contribution < 1.29 is 4.55 Å². The molecule has 9 heteroatoms. The molecule has 0 saturated heterocycles. The molecule has 24 heavy (non-hydrogen) atoms. The van der Waals surface area contributed by atoms with Crippen LogP contribution in [0.25, 0.3) is 0 Å². The average Bonchev–Trinajstić information content (AvgIpc) is 3.02. The van der Waals surface area contributed by atoms with E-state index in [1.807, 2.05) is 18.2 Å². The number of nitrogens with zero attached hydrogens (tertiary/aromatic N) is 2. The highest BCUT2D eigenvalue weighted by molar-refractivity contribution is 7.91. The molecule has 3 rings (SSSR count). The average molecular weight is 382 g/mol. The predicted octanol–water partition coefficient (Wildman–Crippen LogP) is 4.06. The van der Waals surface area contributed by atoms with Crippen LogP contribution in [-0.2, 0) is 11.2 Å². The standard InChI is InChI=1S/C15H13Cl2N5OS/c1-18-14-20-15(22-21-14)19-9-7-11(16)13(12(17)8-9)24(23)10-5-3-2-4-6-10/h2-8H,1H3,(H3,18,19,20,21,22). The van der Waals surface area contributed by atoms with Crippen LogP contribution in [0.2, 0.25) is 10.0 Å². The number of halogens is 2. The molecule has 1 aromatic heterocycles. The number of hydrogen-bond donors (Lipinski definition) is 3. The number of nitrogens with one attached hydrogen (secondary N) is 3. The van der Waals surface area contributed by atoms with Gasteiger partial charge < -0.3 is 15.2 Å². The predicted molar refractivity (Wildman–Crippen MR) is 96.8 cm³/mol. The number of H-pyrrole nitrogens is 1. The van der Waals surface area contributed by atoms with Crippen LogP contribution in [0.4, 0.5) is 17.6 Å². The van der Waals surface area contributed by atoms with Crippen LogP contribution in [-0.4, -0.2) is 26.8 Å². The Hall–Kier alpha value is -1.93. The number of anilines is 3.